The topological polar surface area (TPSA) is 92.4 Å². The molecule has 0 aromatic rings. The van der Waals surface area contributed by atoms with E-state index in [-0.39, 0.29) is 12.3 Å². The van der Waals surface area contributed by atoms with Crippen molar-refractivity contribution in [1.29, 1.82) is 0 Å². The monoisotopic (exact) mass is 256 g/mol. The Morgan fingerprint density at radius 1 is 1.28 bits per heavy atom. The molecule has 5 nitrogen and oxygen atoms in total. The molecule has 0 unspecified atom stereocenters. The third-order valence-electron chi connectivity index (χ3n) is 3.73. The molecule has 0 aromatic carbocycles. The van der Waals surface area contributed by atoms with E-state index in [0.29, 0.717) is 6.54 Å². The van der Waals surface area contributed by atoms with Crippen molar-refractivity contribution in [3.63, 3.8) is 0 Å². The number of aliphatic carboxylic acids is 1. The lowest BCUT2D eigenvalue weighted by molar-refractivity contribution is -0.140. The quantitative estimate of drug-likeness (QED) is 0.690. The Labute approximate surface area is 108 Å². The van der Waals surface area contributed by atoms with Crippen LogP contribution in [0.25, 0.3) is 0 Å². The molecule has 0 aromatic heterocycles. The van der Waals surface area contributed by atoms with Gasteiger partial charge in [0.15, 0.2) is 0 Å². The van der Waals surface area contributed by atoms with E-state index in [1.54, 1.807) is 13.8 Å². The lowest BCUT2D eigenvalue weighted by Crippen LogP contribution is -2.54. The summed E-state index contributed by atoms with van der Waals surface area (Å²) in [6.07, 6.45) is 4.71. The number of carbonyl (C=O) groups excluding carboxylic acids is 1. The van der Waals surface area contributed by atoms with E-state index in [9.17, 15) is 9.59 Å². The average molecular weight is 256 g/mol. The number of hydrogen-bond acceptors (Lipinski definition) is 3. The molecule has 0 radical (unpaired) electrons. The number of hydrogen-bond donors (Lipinski definition) is 3. The van der Waals surface area contributed by atoms with E-state index in [1.165, 1.54) is 0 Å². The number of rotatable bonds is 5. The molecule has 1 aliphatic carbocycles. The van der Waals surface area contributed by atoms with Crippen LogP contribution in [0.1, 0.15) is 52.4 Å². The number of carboxylic acid groups (broad SMARTS) is 1. The molecule has 104 valence electrons. The zero-order valence-corrected chi connectivity index (χ0v) is 11.3. The summed E-state index contributed by atoms with van der Waals surface area (Å²) in [4.78, 5) is 23.1. The SMILES string of the molecule is CC(C)(CC(=O)O)NC(=O)C1(CN)CCCCC1. The maximum Gasteiger partial charge on any atom is 0.305 e. The van der Waals surface area contributed by atoms with Crippen LogP contribution >= 0.6 is 0 Å². The van der Waals surface area contributed by atoms with E-state index in [4.69, 9.17) is 10.8 Å². The number of carboxylic acids is 1. The molecule has 0 saturated heterocycles. The van der Waals surface area contributed by atoms with Crippen molar-refractivity contribution < 1.29 is 14.7 Å². The molecule has 1 amide bonds. The zero-order valence-electron chi connectivity index (χ0n) is 11.3. The van der Waals surface area contributed by atoms with E-state index < -0.39 is 16.9 Å². The summed E-state index contributed by atoms with van der Waals surface area (Å²) in [5, 5.41) is 11.7. The fraction of sp³-hybridized carbons (Fsp3) is 0.846. The molecule has 5 heteroatoms. The van der Waals surface area contributed by atoms with Crippen molar-refractivity contribution in [2.75, 3.05) is 6.54 Å². The minimum absolute atomic E-state index is 0.0839. The molecule has 0 bridgehead atoms. The first kappa shape index (κ1) is 15.0. The Kier molecular flexibility index (Phi) is 4.73. The normalized spacial score (nSPS) is 19.3. The summed E-state index contributed by atoms with van der Waals surface area (Å²) < 4.78 is 0. The van der Waals surface area contributed by atoms with Crippen LogP contribution in [-0.2, 0) is 9.59 Å². The van der Waals surface area contributed by atoms with Gasteiger partial charge < -0.3 is 16.2 Å². The highest BCUT2D eigenvalue weighted by molar-refractivity contribution is 5.84. The molecular weight excluding hydrogens is 232 g/mol. The minimum Gasteiger partial charge on any atom is -0.481 e. The Morgan fingerprint density at radius 2 is 1.83 bits per heavy atom. The maximum atomic E-state index is 12.4. The van der Waals surface area contributed by atoms with Crippen LogP contribution in [0.15, 0.2) is 0 Å². The zero-order chi connectivity index (χ0) is 13.8. The largest absolute Gasteiger partial charge is 0.481 e. The third-order valence-corrected chi connectivity index (χ3v) is 3.73. The Hall–Kier alpha value is -1.10. The second-order valence-electron chi connectivity index (χ2n) is 5.95. The smallest absolute Gasteiger partial charge is 0.305 e. The van der Waals surface area contributed by atoms with Gasteiger partial charge in [0, 0.05) is 12.1 Å². The molecule has 0 atom stereocenters. The lowest BCUT2D eigenvalue weighted by atomic mass is 9.73. The molecular formula is C13H24N2O3. The van der Waals surface area contributed by atoms with Crippen LogP contribution in [0.3, 0.4) is 0 Å². The summed E-state index contributed by atoms with van der Waals surface area (Å²) in [6, 6.07) is 0. The van der Waals surface area contributed by atoms with Crippen LogP contribution in [0.2, 0.25) is 0 Å². The Balaban J connectivity index is 2.70. The number of nitrogens with one attached hydrogen (secondary N) is 1. The highest BCUT2D eigenvalue weighted by Crippen LogP contribution is 2.36. The minimum atomic E-state index is -0.911. The van der Waals surface area contributed by atoms with Gasteiger partial charge in [0.2, 0.25) is 5.91 Å². The van der Waals surface area contributed by atoms with Gasteiger partial charge in [-0.25, -0.2) is 0 Å². The van der Waals surface area contributed by atoms with E-state index in [1.807, 2.05) is 0 Å². The van der Waals surface area contributed by atoms with E-state index in [0.717, 1.165) is 32.1 Å². The molecule has 1 fully saturated rings. The highest BCUT2D eigenvalue weighted by atomic mass is 16.4. The van der Waals surface area contributed by atoms with Gasteiger partial charge in [-0.05, 0) is 26.7 Å². The van der Waals surface area contributed by atoms with Crippen LogP contribution in [0.5, 0.6) is 0 Å². The molecule has 18 heavy (non-hydrogen) atoms. The molecule has 0 aliphatic heterocycles. The van der Waals surface area contributed by atoms with Gasteiger partial charge in [-0.2, -0.15) is 0 Å². The second kappa shape index (κ2) is 5.69. The maximum absolute atomic E-state index is 12.4. The number of nitrogens with two attached hydrogens (primary N) is 1. The summed E-state index contributed by atoms with van der Waals surface area (Å²) in [5.41, 5.74) is 4.56. The first-order valence-electron chi connectivity index (χ1n) is 6.56. The summed E-state index contributed by atoms with van der Waals surface area (Å²) in [5.74, 6) is -0.998. The molecule has 1 saturated carbocycles. The number of carbonyl (C=O) groups is 2. The van der Waals surface area contributed by atoms with E-state index >= 15 is 0 Å². The fourth-order valence-electron chi connectivity index (χ4n) is 2.61. The summed E-state index contributed by atoms with van der Waals surface area (Å²) in [6.45, 7) is 3.79. The van der Waals surface area contributed by atoms with E-state index in [2.05, 4.69) is 5.32 Å². The van der Waals surface area contributed by atoms with Crippen molar-refractivity contribution in [1.82, 2.24) is 5.32 Å². The van der Waals surface area contributed by atoms with Gasteiger partial charge in [0.05, 0.1) is 11.8 Å². The van der Waals surface area contributed by atoms with Gasteiger partial charge in [-0.1, -0.05) is 19.3 Å². The van der Waals surface area contributed by atoms with Crippen LogP contribution in [0, 0.1) is 5.41 Å². The molecule has 1 rings (SSSR count). The first-order chi connectivity index (χ1) is 8.31. The van der Waals surface area contributed by atoms with Crippen LogP contribution in [0.4, 0.5) is 0 Å². The van der Waals surface area contributed by atoms with Crippen LogP contribution in [-0.4, -0.2) is 29.1 Å². The highest BCUT2D eigenvalue weighted by Gasteiger charge is 2.40. The van der Waals surface area contributed by atoms with Gasteiger partial charge in [0.25, 0.3) is 0 Å². The predicted molar refractivity (Wildman–Crippen MR) is 69.0 cm³/mol. The predicted octanol–water partition coefficient (Wildman–Crippen LogP) is 1.27. The fourth-order valence-corrected chi connectivity index (χ4v) is 2.61. The first-order valence-corrected chi connectivity index (χ1v) is 6.56. The Bertz CT molecular complexity index is 320. The van der Waals surface area contributed by atoms with Gasteiger partial charge in [0.1, 0.15) is 0 Å². The average Bonchev–Trinajstić information content (AvgIpc) is 2.27. The summed E-state index contributed by atoms with van der Waals surface area (Å²) >= 11 is 0. The second-order valence-corrected chi connectivity index (χ2v) is 5.95. The van der Waals surface area contributed by atoms with Crippen molar-refractivity contribution in [3.8, 4) is 0 Å². The molecule has 0 spiro atoms. The van der Waals surface area contributed by atoms with Gasteiger partial charge in [-0.15, -0.1) is 0 Å². The van der Waals surface area contributed by atoms with Gasteiger partial charge >= 0.3 is 5.97 Å². The number of amides is 1. The van der Waals surface area contributed by atoms with Crippen molar-refractivity contribution in [2.45, 2.75) is 57.9 Å². The third kappa shape index (κ3) is 3.70. The Morgan fingerprint density at radius 3 is 2.28 bits per heavy atom. The van der Waals surface area contributed by atoms with Crippen molar-refractivity contribution >= 4 is 11.9 Å². The molecule has 0 heterocycles. The molecule has 1 aliphatic rings. The standard InChI is InChI=1S/C13H24N2O3/c1-12(2,8-10(16)17)15-11(18)13(9-14)6-4-3-5-7-13/h3-9,14H2,1-2H3,(H,15,18)(H,16,17). The van der Waals surface area contributed by atoms with Gasteiger partial charge in [-0.3, -0.25) is 9.59 Å². The summed E-state index contributed by atoms with van der Waals surface area (Å²) in [7, 11) is 0. The van der Waals surface area contributed by atoms with Crippen LogP contribution < -0.4 is 11.1 Å². The lowest BCUT2D eigenvalue weighted by Gasteiger charge is -2.37. The van der Waals surface area contributed by atoms with Crippen molar-refractivity contribution in [2.24, 2.45) is 11.1 Å². The molecule has 4 N–H and O–H groups in total. The van der Waals surface area contributed by atoms with Crippen molar-refractivity contribution in [3.05, 3.63) is 0 Å².